The number of aromatic nitrogens is 1. The molecular formula is C23H27N3O3. The minimum absolute atomic E-state index is 0.0297. The number of hydrogen-bond donors (Lipinski definition) is 1. The van der Waals surface area contributed by atoms with Crippen LogP contribution in [0.15, 0.2) is 46.9 Å². The van der Waals surface area contributed by atoms with Crippen molar-refractivity contribution in [1.82, 2.24) is 15.2 Å². The van der Waals surface area contributed by atoms with Crippen molar-refractivity contribution in [2.45, 2.75) is 38.6 Å². The Balaban J connectivity index is 1.59. The van der Waals surface area contributed by atoms with Gasteiger partial charge in [0.1, 0.15) is 17.3 Å². The number of ether oxygens (including phenoxy) is 1. The van der Waals surface area contributed by atoms with E-state index in [-0.39, 0.29) is 12.1 Å². The molecule has 1 atom stereocenters. The largest absolute Gasteiger partial charge is 0.496 e. The summed E-state index contributed by atoms with van der Waals surface area (Å²) in [5.41, 5.74) is 3.56. The average Bonchev–Trinajstić information content (AvgIpc) is 3.40. The molecule has 1 aromatic heterocycles. The third kappa shape index (κ3) is 3.92. The van der Waals surface area contributed by atoms with Crippen LogP contribution in [0.4, 0.5) is 4.79 Å². The first kappa shape index (κ1) is 19.3. The van der Waals surface area contributed by atoms with E-state index in [0.717, 1.165) is 60.2 Å². The highest BCUT2D eigenvalue weighted by molar-refractivity contribution is 5.82. The summed E-state index contributed by atoms with van der Waals surface area (Å²) in [6, 6.07) is 13.7. The van der Waals surface area contributed by atoms with Gasteiger partial charge in [0.2, 0.25) is 5.89 Å². The Morgan fingerprint density at radius 1 is 1.31 bits per heavy atom. The quantitative estimate of drug-likeness (QED) is 0.588. The standard InChI is InChI=1S/C23H27N3O3/c1-3-4-13-24-23(27)26-14-7-9-19(26)22-25-18-15-16(11-12-21(18)29-22)17-8-5-6-10-20(17)28-2/h5-6,8,10-12,15,19H,3-4,7,9,13-14H2,1-2H3,(H,24,27). The predicted molar refractivity (Wildman–Crippen MR) is 113 cm³/mol. The van der Waals surface area contributed by atoms with E-state index >= 15 is 0 Å². The van der Waals surface area contributed by atoms with E-state index in [9.17, 15) is 4.79 Å². The minimum Gasteiger partial charge on any atom is -0.496 e. The maximum absolute atomic E-state index is 12.6. The lowest BCUT2D eigenvalue weighted by Gasteiger charge is -2.22. The molecule has 0 saturated carbocycles. The minimum atomic E-state index is -0.112. The molecule has 0 aliphatic carbocycles. The van der Waals surface area contributed by atoms with Gasteiger partial charge in [-0.1, -0.05) is 37.6 Å². The van der Waals surface area contributed by atoms with Gasteiger partial charge in [-0.15, -0.1) is 0 Å². The zero-order chi connectivity index (χ0) is 20.2. The van der Waals surface area contributed by atoms with Crippen molar-refractivity contribution in [1.29, 1.82) is 0 Å². The van der Waals surface area contributed by atoms with Crippen LogP contribution in [0.5, 0.6) is 5.75 Å². The molecule has 2 amide bonds. The predicted octanol–water partition coefficient (Wildman–Crippen LogP) is 5.15. The van der Waals surface area contributed by atoms with E-state index in [1.54, 1.807) is 7.11 Å². The van der Waals surface area contributed by atoms with Crippen LogP contribution in [0.2, 0.25) is 0 Å². The molecule has 2 aromatic carbocycles. The summed E-state index contributed by atoms with van der Waals surface area (Å²) in [4.78, 5) is 19.1. The van der Waals surface area contributed by atoms with Crippen molar-refractivity contribution < 1.29 is 13.9 Å². The van der Waals surface area contributed by atoms with Crippen LogP contribution in [0.3, 0.4) is 0 Å². The van der Waals surface area contributed by atoms with E-state index in [1.165, 1.54) is 0 Å². The van der Waals surface area contributed by atoms with Crippen molar-refractivity contribution in [3.63, 3.8) is 0 Å². The molecule has 0 spiro atoms. The van der Waals surface area contributed by atoms with Crippen LogP contribution in [-0.4, -0.2) is 36.1 Å². The molecule has 152 valence electrons. The number of hydrogen-bond acceptors (Lipinski definition) is 4. The third-order valence-electron chi connectivity index (χ3n) is 5.43. The molecule has 2 heterocycles. The number of methoxy groups -OCH3 is 1. The summed E-state index contributed by atoms with van der Waals surface area (Å²) >= 11 is 0. The Morgan fingerprint density at radius 2 is 2.17 bits per heavy atom. The number of para-hydroxylation sites is 1. The lowest BCUT2D eigenvalue weighted by Crippen LogP contribution is -2.39. The molecule has 1 fully saturated rings. The van der Waals surface area contributed by atoms with Gasteiger partial charge in [-0.05, 0) is 43.0 Å². The Labute approximate surface area is 170 Å². The van der Waals surface area contributed by atoms with Gasteiger partial charge in [0, 0.05) is 18.7 Å². The number of rotatable bonds is 6. The van der Waals surface area contributed by atoms with Crippen molar-refractivity contribution in [3.05, 3.63) is 48.4 Å². The van der Waals surface area contributed by atoms with Gasteiger partial charge in [0.15, 0.2) is 5.58 Å². The number of urea groups is 1. The summed E-state index contributed by atoms with van der Waals surface area (Å²) in [6.07, 6.45) is 3.87. The summed E-state index contributed by atoms with van der Waals surface area (Å²) in [5, 5.41) is 3.01. The maximum Gasteiger partial charge on any atom is 0.318 e. The summed E-state index contributed by atoms with van der Waals surface area (Å²) < 4.78 is 11.5. The van der Waals surface area contributed by atoms with Crippen LogP contribution < -0.4 is 10.1 Å². The normalized spacial score (nSPS) is 16.3. The van der Waals surface area contributed by atoms with Crippen molar-refractivity contribution in [3.8, 4) is 16.9 Å². The second kappa shape index (κ2) is 8.55. The first-order valence-corrected chi connectivity index (χ1v) is 10.3. The molecular weight excluding hydrogens is 366 g/mol. The van der Waals surface area contributed by atoms with E-state index in [1.807, 2.05) is 47.4 Å². The average molecular weight is 393 g/mol. The number of oxazole rings is 1. The highest BCUT2D eigenvalue weighted by atomic mass is 16.5. The Morgan fingerprint density at radius 3 is 3.00 bits per heavy atom. The highest BCUT2D eigenvalue weighted by Crippen LogP contribution is 2.35. The van der Waals surface area contributed by atoms with Crippen molar-refractivity contribution in [2.75, 3.05) is 20.2 Å². The molecule has 1 saturated heterocycles. The molecule has 6 heteroatoms. The fourth-order valence-electron chi connectivity index (χ4n) is 3.88. The topological polar surface area (TPSA) is 67.6 Å². The summed E-state index contributed by atoms with van der Waals surface area (Å²) in [7, 11) is 1.67. The number of likely N-dealkylation sites (tertiary alicyclic amines) is 1. The number of nitrogens with zero attached hydrogens (tertiary/aromatic N) is 2. The highest BCUT2D eigenvalue weighted by Gasteiger charge is 2.33. The number of amides is 2. The smallest absolute Gasteiger partial charge is 0.318 e. The molecule has 6 nitrogen and oxygen atoms in total. The van der Waals surface area contributed by atoms with Gasteiger partial charge in [-0.2, -0.15) is 0 Å². The van der Waals surface area contributed by atoms with Gasteiger partial charge in [-0.3, -0.25) is 0 Å². The fourth-order valence-corrected chi connectivity index (χ4v) is 3.88. The molecule has 1 N–H and O–H groups in total. The Kier molecular flexibility index (Phi) is 5.69. The number of fused-ring (bicyclic) bond motifs is 1. The Bertz CT molecular complexity index is 998. The molecule has 1 unspecified atom stereocenters. The first-order chi connectivity index (χ1) is 14.2. The van der Waals surface area contributed by atoms with Crippen LogP contribution in [0, 0.1) is 0 Å². The van der Waals surface area contributed by atoms with Crippen LogP contribution >= 0.6 is 0 Å². The molecule has 3 aromatic rings. The fraction of sp³-hybridized carbons (Fsp3) is 0.391. The molecule has 0 radical (unpaired) electrons. The summed E-state index contributed by atoms with van der Waals surface area (Å²) in [6.45, 7) is 3.55. The molecule has 29 heavy (non-hydrogen) atoms. The SMILES string of the molecule is CCCCNC(=O)N1CCCC1c1nc2cc(-c3ccccc3OC)ccc2o1. The number of nitrogens with one attached hydrogen (secondary N) is 1. The molecule has 1 aliphatic rings. The van der Waals surface area contributed by atoms with Crippen LogP contribution in [0.1, 0.15) is 44.5 Å². The van der Waals surface area contributed by atoms with Gasteiger partial charge >= 0.3 is 6.03 Å². The molecule has 0 bridgehead atoms. The lowest BCUT2D eigenvalue weighted by molar-refractivity contribution is 0.185. The number of unbranched alkanes of at least 4 members (excludes halogenated alkanes) is 1. The first-order valence-electron chi connectivity index (χ1n) is 10.3. The summed E-state index contributed by atoms with van der Waals surface area (Å²) in [5.74, 6) is 1.43. The van der Waals surface area contributed by atoms with Crippen LogP contribution in [0.25, 0.3) is 22.2 Å². The van der Waals surface area contributed by atoms with Gasteiger partial charge in [-0.25, -0.2) is 9.78 Å². The number of benzene rings is 2. The van der Waals surface area contributed by atoms with Crippen LogP contribution in [-0.2, 0) is 0 Å². The Hall–Kier alpha value is -3.02. The zero-order valence-corrected chi connectivity index (χ0v) is 17.0. The second-order valence-electron chi connectivity index (χ2n) is 7.37. The van der Waals surface area contributed by atoms with Crippen molar-refractivity contribution >= 4 is 17.1 Å². The van der Waals surface area contributed by atoms with E-state index in [4.69, 9.17) is 14.1 Å². The molecule has 1 aliphatic heterocycles. The monoisotopic (exact) mass is 393 g/mol. The van der Waals surface area contributed by atoms with Crippen molar-refractivity contribution in [2.24, 2.45) is 0 Å². The van der Waals surface area contributed by atoms with E-state index in [2.05, 4.69) is 12.2 Å². The maximum atomic E-state index is 12.6. The van der Waals surface area contributed by atoms with Gasteiger partial charge in [0.25, 0.3) is 0 Å². The second-order valence-corrected chi connectivity index (χ2v) is 7.37. The van der Waals surface area contributed by atoms with E-state index in [0.29, 0.717) is 12.4 Å². The van der Waals surface area contributed by atoms with Gasteiger partial charge < -0.3 is 19.4 Å². The lowest BCUT2D eigenvalue weighted by atomic mass is 10.0. The third-order valence-corrected chi connectivity index (χ3v) is 5.43. The van der Waals surface area contributed by atoms with Gasteiger partial charge in [0.05, 0.1) is 7.11 Å². The number of carbonyl (C=O) groups is 1. The molecule has 4 rings (SSSR count). The van der Waals surface area contributed by atoms with E-state index < -0.39 is 0 Å². The zero-order valence-electron chi connectivity index (χ0n) is 17.0. The number of carbonyl (C=O) groups excluding carboxylic acids is 1.